The van der Waals surface area contributed by atoms with Crippen molar-refractivity contribution in [3.05, 3.63) is 22.3 Å². The van der Waals surface area contributed by atoms with Crippen LogP contribution >= 0.6 is 11.6 Å². The summed E-state index contributed by atoms with van der Waals surface area (Å²) in [6.07, 6.45) is 0. The van der Waals surface area contributed by atoms with Crippen molar-refractivity contribution in [3.8, 4) is 11.9 Å². The molecule has 0 saturated heterocycles. The van der Waals surface area contributed by atoms with E-state index in [0.29, 0.717) is 16.6 Å². The highest BCUT2D eigenvalue weighted by Gasteiger charge is 2.06. The summed E-state index contributed by atoms with van der Waals surface area (Å²) in [6.45, 7) is 1.77. The van der Waals surface area contributed by atoms with Crippen LogP contribution < -0.4 is 4.74 Å². The first-order valence-electron chi connectivity index (χ1n) is 3.30. The Morgan fingerprint density at radius 1 is 1.67 bits per heavy atom. The Morgan fingerprint density at radius 3 is 2.83 bits per heavy atom. The molecule has 1 aromatic heterocycles. The number of rotatable bonds is 1. The molecule has 0 N–H and O–H groups in total. The van der Waals surface area contributed by atoms with Gasteiger partial charge >= 0.3 is 0 Å². The second-order valence-corrected chi connectivity index (χ2v) is 2.66. The second-order valence-electron chi connectivity index (χ2n) is 2.26. The zero-order valence-electron chi connectivity index (χ0n) is 6.76. The van der Waals surface area contributed by atoms with Gasteiger partial charge in [0.1, 0.15) is 16.8 Å². The maximum Gasteiger partial charge on any atom is 0.233 e. The van der Waals surface area contributed by atoms with Gasteiger partial charge in [-0.05, 0) is 18.6 Å². The van der Waals surface area contributed by atoms with E-state index in [1.165, 1.54) is 7.11 Å². The van der Waals surface area contributed by atoms with Gasteiger partial charge in [0.25, 0.3) is 0 Å². The number of ether oxygens (including phenoxy) is 1. The molecule has 0 radical (unpaired) electrons. The van der Waals surface area contributed by atoms with Crippen LogP contribution in [0.15, 0.2) is 6.07 Å². The number of hydrogen-bond acceptors (Lipinski definition) is 3. The van der Waals surface area contributed by atoms with Gasteiger partial charge in [0.2, 0.25) is 5.88 Å². The fourth-order valence-electron chi connectivity index (χ4n) is 0.820. The average Bonchev–Trinajstić information content (AvgIpc) is 2.05. The normalized spacial score (nSPS) is 9.17. The lowest BCUT2D eigenvalue weighted by molar-refractivity contribution is 0.397. The van der Waals surface area contributed by atoms with Crippen LogP contribution in [0.5, 0.6) is 5.88 Å². The third-order valence-corrected chi connectivity index (χ3v) is 1.70. The second kappa shape index (κ2) is 3.42. The van der Waals surface area contributed by atoms with Gasteiger partial charge in [0.15, 0.2) is 0 Å². The highest BCUT2D eigenvalue weighted by molar-refractivity contribution is 6.31. The predicted molar refractivity (Wildman–Crippen MR) is 45.3 cm³/mol. The summed E-state index contributed by atoms with van der Waals surface area (Å²) in [4.78, 5) is 3.89. The van der Waals surface area contributed by atoms with E-state index in [2.05, 4.69) is 4.98 Å². The van der Waals surface area contributed by atoms with Crippen molar-refractivity contribution < 1.29 is 4.74 Å². The quantitative estimate of drug-likeness (QED) is 0.667. The number of halogens is 1. The van der Waals surface area contributed by atoms with Gasteiger partial charge in [0, 0.05) is 0 Å². The molecular formula is C8H7ClN2O. The van der Waals surface area contributed by atoms with Crippen molar-refractivity contribution >= 4 is 11.6 Å². The van der Waals surface area contributed by atoms with Gasteiger partial charge < -0.3 is 4.74 Å². The Kier molecular flexibility index (Phi) is 2.51. The minimum Gasteiger partial charge on any atom is -0.480 e. The van der Waals surface area contributed by atoms with Gasteiger partial charge in [-0.2, -0.15) is 5.26 Å². The number of nitrogens with zero attached hydrogens (tertiary/aromatic N) is 2. The van der Waals surface area contributed by atoms with Crippen LogP contribution in [-0.4, -0.2) is 12.1 Å². The lowest BCUT2D eigenvalue weighted by Crippen LogP contribution is -1.94. The minimum atomic E-state index is 0.291. The van der Waals surface area contributed by atoms with E-state index in [-0.39, 0.29) is 0 Å². The molecule has 0 amide bonds. The molecule has 62 valence electrons. The lowest BCUT2D eigenvalue weighted by Gasteiger charge is -2.03. The summed E-state index contributed by atoms with van der Waals surface area (Å²) >= 11 is 5.76. The third kappa shape index (κ3) is 1.49. The van der Waals surface area contributed by atoms with Crippen LogP contribution in [0.1, 0.15) is 11.3 Å². The van der Waals surface area contributed by atoms with Crippen LogP contribution in [-0.2, 0) is 0 Å². The molecule has 4 heteroatoms. The van der Waals surface area contributed by atoms with Crippen molar-refractivity contribution in [2.24, 2.45) is 0 Å². The molecule has 0 fully saturated rings. The molecule has 0 aliphatic heterocycles. The third-order valence-electron chi connectivity index (χ3n) is 1.43. The number of aryl methyl sites for hydroxylation is 1. The molecule has 12 heavy (non-hydrogen) atoms. The fourth-order valence-corrected chi connectivity index (χ4v) is 1.10. The minimum absolute atomic E-state index is 0.291. The monoisotopic (exact) mass is 182 g/mol. The van der Waals surface area contributed by atoms with E-state index in [4.69, 9.17) is 21.6 Å². The Labute approximate surface area is 75.6 Å². The van der Waals surface area contributed by atoms with Crippen LogP contribution in [0, 0.1) is 18.3 Å². The van der Waals surface area contributed by atoms with E-state index in [1.807, 2.05) is 6.07 Å². The molecule has 0 aromatic carbocycles. The van der Waals surface area contributed by atoms with E-state index >= 15 is 0 Å². The van der Waals surface area contributed by atoms with Gasteiger partial charge in [-0.3, -0.25) is 0 Å². The zero-order chi connectivity index (χ0) is 9.14. The van der Waals surface area contributed by atoms with E-state index in [0.717, 1.165) is 5.56 Å². The molecule has 1 heterocycles. The van der Waals surface area contributed by atoms with E-state index in [1.54, 1.807) is 13.0 Å². The molecule has 1 aromatic rings. The molecule has 0 aliphatic carbocycles. The molecule has 0 bridgehead atoms. The summed E-state index contributed by atoms with van der Waals surface area (Å²) in [5, 5.41) is 9.04. The molecule has 0 unspecified atom stereocenters. The lowest BCUT2D eigenvalue weighted by atomic mass is 10.2. The standard InChI is InChI=1S/C8H7ClN2O/c1-5-3-6(9)8(12-2)11-7(5)4-10/h3H,1-2H3. The topological polar surface area (TPSA) is 45.9 Å². The van der Waals surface area contributed by atoms with Crippen LogP contribution in [0.25, 0.3) is 0 Å². The van der Waals surface area contributed by atoms with Gasteiger partial charge in [0.05, 0.1) is 7.11 Å². The number of hydrogen-bond donors (Lipinski definition) is 0. The van der Waals surface area contributed by atoms with Gasteiger partial charge in [-0.1, -0.05) is 11.6 Å². The molecule has 0 saturated carbocycles. The number of methoxy groups -OCH3 is 1. The molecule has 0 aliphatic rings. The fraction of sp³-hybridized carbons (Fsp3) is 0.250. The summed E-state index contributed by atoms with van der Waals surface area (Å²) < 4.78 is 4.85. The van der Waals surface area contributed by atoms with E-state index in [9.17, 15) is 0 Å². The highest BCUT2D eigenvalue weighted by atomic mass is 35.5. The van der Waals surface area contributed by atoms with Crippen molar-refractivity contribution in [1.29, 1.82) is 5.26 Å². The molecule has 0 atom stereocenters. The Hall–Kier alpha value is -1.27. The summed E-state index contributed by atoms with van der Waals surface area (Å²) in [5.74, 6) is 0.291. The smallest absolute Gasteiger partial charge is 0.233 e. The SMILES string of the molecule is COc1nc(C#N)c(C)cc1Cl. The first-order chi connectivity index (χ1) is 5.69. The first kappa shape index (κ1) is 8.82. The van der Waals surface area contributed by atoms with Crippen molar-refractivity contribution in [2.45, 2.75) is 6.92 Å². The van der Waals surface area contributed by atoms with E-state index < -0.39 is 0 Å². The van der Waals surface area contributed by atoms with Crippen LogP contribution in [0.4, 0.5) is 0 Å². The Bertz CT molecular complexity index is 344. The Morgan fingerprint density at radius 2 is 2.33 bits per heavy atom. The van der Waals surface area contributed by atoms with Crippen LogP contribution in [0.3, 0.4) is 0 Å². The number of nitriles is 1. The van der Waals surface area contributed by atoms with Crippen molar-refractivity contribution in [1.82, 2.24) is 4.98 Å². The highest BCUT2D eigenvalue weighted by Crippen LogP contribution is 2.23. The molecule has 3 nitrogen and oxygen atoms in total. The largest absolute Gasteiger partial charge is 0.480 e. The summed E-state index contributed by atoms with van der Waals surface area (Å²) in [6, 6.07) is 3.61. The zero-order valence-corrected chi connectivity index (χ0v) is 7.51. The van der Waals surface area contributed by atoms with Gasteiger partial charge in [-0.25, -0.2) is 4.98 Å². The summed E-state index contributed by atoms with van der Waals surface area (Å²) in [5.41, 5.74) is 1.10. The van der Waals surface area contributed by atoms with Crippen molar-refractivity contribution in [2.75, 3.05) is 7.11 Å². The van der Waals surface area contributed by atoms with Crippen LogP contribution in [0.2, 0.25) is 5.02 Å². The van der Waals surface area contributed by atoms with Gasteiger partial charge in [-0.15, -0.1) is 0 Å². The predicted octanol–water partition coefficient (Wildman–Crippen LogP) is 1.92. The number of pyridine rings is 1. The molecule has 1 rings (SSSR count). The maximum atomic E-state index is 8.62. The molecular weight excluding hydrogens is 176 g/mol. The molecule has 0 spiro atoms. The van der Waals surface area contributed by atoms with Crippen molar-refractivity contribution in [3.63, 3.8) is 0 Å². The average molecular weight is 183 g/mol. The maximum absolute atomic E-state index is 8.62. The first-order valence-corrected chi connectivity index (χ1v) is 3.68. The number of aromatic nitrogens is 1. The Balaban J connectivity index is 3.30. The summed E-state index contributed by atoms with van der Waals surface area (Å²) in [7, 11) is 1.46.